The average molecular weight is 446 g/mol. The number of benzene rings is 2. The topological polar surface area (TPSA) is 60.9 Å². The number of sulfonamides is 1. The lowest BCUT2D eigenvalue weighted by Gasteiger charge is -2.40. The first-order chi connectivity index (χ1) is 13.8. The third-order valence-electron chi connectivity index (χ3n) is 5.33. The van der Waals surface area contributed by atoms with Crippen molar-refractivity contribution in [2.24, 2.45) is 0 Å². The largest absolute Gasteiger partial charge is 0.421 e. The van der Waals surface area contributed by atoms with Gasteiger partial charge in [0.05, 0.1) is 4.90 Å². The molecule has 2 aromatic carbocycles. The van der Waals surface area contributed by atoms with E-state index in [2.05, 4.69) is 0 Å². The van der Waals surface area contributed by atoms with E-state index in [1.807, 2.05) is 4.90 Å². The Hall–Kier alpha value is -2.17. The second-order valence-corrected chi connectivity index (χ2v) is 9.37. The van der Waals surface area contributed by atoms with Gasteiger partial charge in [0.2, 0.25) is 10.0 Å². The molecule has 1 saturated heterocycles. The first-order valence-electron chi connectivity index (χ1n) is 9.26. The van der Waals surface area contributed by atoms with Crippen LogP contribution in [-0.2, 0) is 15.6 Å². The Morgan fingerprint density at radius 3 is 2.07 bits per heavy atom. The predicted octanol–water partition coefficient (Wildman–Crippen LogP) is 3.49. The molecular formula is C20H22F4N2O3S. The monoisotopic (exact) mass is 446 g/mol. The van der Waals surface area contributed by atoms with Gasteiger partial charge >= 0.3 is 6.18 Å². The van der Waals surface area contributed by atoms with E-state index in [1.165, 1.54) is 16.4 Å². The van der Waals surface area contributed by atoms with Gasteiger partial charge in [-0.3, -0.25) is 0 Å². The van der Waals surface area contributed by atoms with Gasteiger partial charge in [-0.05, 0) is 55.8 Å². The number of halogens is 4. The summed E-state index contributed by atoms with van der Waals surface area (Å²) >= 11 is 0. The zero-order chi connectivity index (χ0) is 22.3. The molecule has 1 aliphatic heterocycles. The minimum Gasteiger partial charge on any atom is -0.376 e. The average Bonchev–Trinajstić information content (AvgIpc) is 2.67. The van der Waals surface area contributed by atoms with Gasteiger partial charge in [0, 0.05) is 31.4 Å². The van der Waals surface area contributed by atoms with Gasteiger partial charge in [-0.2, -0.15) is 17.5 Å². The van der Waals surface area contributed by atoms with Crippen molar-refractivity contribution in [2.45, 2.75) is 36.6 Å². The molecule has 5 nitrogen and oxygen atoms in total. The molecule has 0 spiro atoms. The van der Waals surface area contributed by atoms with Crippen LogP contribution in [0.5, 0.6) is 0 Å². The van der Waals surface area contributed by atoms with Gasteiger partial charge in [0.25, 0.3) is 0 Å². The third kappa shape index (κ3) is 4.17. The molecule has 2 aromatic rings. The number of anilines is 1. The van der Waals surface area contributed by atoms with Gasteiger partial charge < -0.3 is 10.0 Å². The molecule has 1 aliphatic rings. The molecule has 1 heterocycles. The predicted molar refractivity (Wildman–Crippen MR) is 104 cm³/mol. The zero-order valence-corrected chi connectivity index (χ0v) is 17.2. The zero-order valence-electron chi connectivity index (χ0n) is 16.4. The van der Waals surface area contributed by atoms with Crippen LogP contribution >= 0.6 is 0 Å². The smallest absolute Gasteiger partial charge is 0.376 e. The van der Waals surface area contributed by atoms with Gasteiger partial charge in [-0.25, -0.2) is 12.8 Å². The van der Waals surface area contributed by atoms with Crippen LogP contribution in [0.15, 0.2) is 53.4 Å². The van der Waals surface area contributed by atoms with Crippen molar-refractivity contribution in [1.82, 2.24) is 4.31 Å². The van der Waals surface area contributed by atoms with E-state index in [0.717, 1.165) is 30.0 Å². The number of rotatable bonds is 4. The van der Waals surface area contributed by atoms with Crippen molar-refractivity contribution in [3.63, 3.8) is 0 Å². The molecule has 0 aliphatic carbocycles. The highest BCUT2D eigenvalue weighted by Crippen LogP contribution is 2.38. The molecule has 2 atom stereocenters. The van der Waals surface area contributed by atoms with Crippen LogP contribution < -0.4 is 4.90 Å². The van der Waals surface area contributed by atoms with Gasteiger partial charge in [-0.1, -0.05) is 12.1 Å². The summed E-state index contributed by atoms with van der Waals surface area (Å²) < 4.78 is 79.4. The highest BCUT2D eigenvalue weighted by Gasteiger charge is 2.51. The SMILES string of the molecule is C[C@@H]1CN(c2ccc(F)cc2)CCN1S(=O)(=O)c1ccc([C@@](C)(O)C(F)(F)F)cc1. The molecule has 0 amide bonds. The summed E-state index contributed by atoms with van der Waals surface area (Å²) in [6.07, 6.45) is -4.89. The van der Waals surface area contributed by atoms with Crippen molar-refractivity contribution >= 4 is 15.7 Å². The number of hydrogen-bond acceptors (Lipinski definition) is 4. The Morgan fingerprint density at radius 2 is 1.57 bits per heavy atom. The molecule has 0 unspecified atom stereocenters. The standard InChI is InChI=1S/C20H22F4N2O3S/c1-14-13-25(17-7-5-16(21)6-8-17)11-12-26(14)30(28,29)18-9-3-15(4-10-18)19(2,27)20(22,23)24/h3-10,14,27H,11-13H2,1-2H3/t14-,19-/m1/s1. The third-order valence-corrected chi connectivity index (χ3v) is 7.36. The number of alkyl halides is 3. The fourth-order valence-corrected chi connectivity index (χ4v) is 5.05. The molecule has 3 rings (SSSR count). The molecule has 0 radical (unpaired) electrons. The fraction of sp³-hybridized carbons (Fsp3) is 0.400. The Balaban J connectivity index is 1.78. The number of nitrogens with zero attached hydrogens (tertiary/aromatic N) is 2. The molecule has 164 valence electrons. The van der Waals surface area contributed by atoms with Crippen LogP contribution in [0, 0.1) is 5.82 Å². The number of aliphatic hydroxyl groups is 1. The maximum Gasteiger partial charge on any atom is 0.421 e. The van der Waals surface area contributed by atoms with Crippen molar-refractivity contribution in [2.75, 3.05) is 24.5 Å². The summed E-state index contributed by atoms with van der Waals surface area (Å²) in [7, 11) is -3.94. The maximum atomic E-state index is 13.1. The van der Waals surface area contributed by atoms with Crippen LogP contribution in [0.2, 0.25) is 0 Å². The molecule has 1 fully saturated rings. The second kappa shape index (κ2) is 7.82. The minimum absolute atomic E-state index is 0.147. The summed E-state index contributed by atoms with van der Waals surface area (Å²) in [4.78, 5) is 1.80. The molecular weight excluding hydrogens is 424 g/mol. The Labute approximate surface area is 172 Å². The van der Waals surface area contributed by atoms with E-state index in [0.29, 0.717) is 20.0 Å². The van der Waals surface area contributed by atoms with Crippen molar-refractivity contribution in [3.8, 4) is 0 Å². The molecule has 0 saturated carbocycles. The molecule has 30 heavy (non-hydrogen) atoms. The van der Waals surface area contributed by atoms with Crippen LogP contribution in [0.4, 0.5) is 23.2 Å². The van der Waals surface area contributed by atoms with E-state index in [-0.39, 0.29) is 17.3 Å². The Bertz CT molecular complexity index is 990. The van der Waals surface area contributed by atoms with E-state index >= 15 is 0 Å². The molecule has 10 heteroatoms. The first kappa shape index (κ1) is 22.5. The van der Waals surface area contributed by atoms with E-state index in [1.54, 1.807) is 19.1 Å². The summed E-state index contributed by atoms with van der Waals surface area (Å²) in [6.45, 7) is 3.29. The van der Waals surface area contributed by atoms with Crippen LogP contribution in [-0.4, -0.2) is 49.7 Å². The number of hydrogen-bond donors (Lipinski definition) is 1. The summed E-state index contributed by atoms with van der Waals surface area (Å²) in [5.74, 6) is -0.360. The van der Waals surface area contributed by atoms with E-state index in [9.17, 15) is 31.1 Å². The highest BCUT2D eigenvalue weighted by molar-refractivity contribution is 7.89. The summed E-state index contributed by atoms with van der Waals surface area (Å²) in [6, 6.07) is 9.59. The molecule has 1 N–H and O–H groups in total. The number of piperazine rings is 1. The summed E-state index contributed by atoms with van der Waals surface area (Å²) in [5, 5.41) is 9.75. The lowest BCUT2D eigenvalue weighted by atomic mass is 9.96. The minimum atomic E-state index is -4.89. The molecule has 0 aromatic heterocycles. The second-order valence-electron chi connectivity index (χ2n) is 7.48. The van der Waals surface area contributed by atoms with Crippen LogP contribution in [0.25, 0.3) is 0 Å². The maximum absolute atomic E-state index is 13.1. The fourth-order valence-electron chi connectivity index (χ4n) is 3.43. The Kier molecular flexibility index (Phi) is 5.87. The van der Waals surface area contributed by atoms with Crippen molar-refractivity contribution in [1.29, 1.82) is 0 Å². The normalized spacial score (nSPS) is 20.8. The quantitative estimate of drug-likeness (QED) is 0.731. The van der Waals surface area contributed by atoms with Gasteiger partial charge in [-0.15, -0.1) is 0 Å². The van der Waals surface area contributed by atoms with Crippen LogP contribution in [0.3, 0.4) is 0 Å². The summed E-state index contributed by atoms with van der Waals surface area (Å²) in [5.41, 5.74) is -2.74. The first-order valence-corrected chi connectivity index (χ1v) is 10.7. The van der Waals surface area contributed by atoms with Gasteiger partial charge in [0.1, 0.15) is 5.82 Å². The van der Waals surface area contributed by atoms with E-state index in [4.69, 9.17) is 0 Å². The lowest BCUT2D eigenvalue weighted by Crippen LogP contribution is -2.54. The van der Waals surface area contributed by atoms with Crippen LogP contribution in [0.1, 0.15) is 19.4 Å². The molecule has 0 bridgehead atoms. The van der Waals surface area contributed by atoms with Crippen molar-refractivity contribution in [3.05, 3.63) is 59.9 Å². The Morgan fingerprint density at radius 1 is 1.00 bits per heavy atom. The van der Waals surface area contributed by atoms with E-state index < -0.39 is 33.4 Å². The lowest BCUT2D eigenvalue weighted by molar-refractivity contribution is -0.258. The van der Waals surface area contributed by atoms with Gasteiger partial charge in [0.15, 0.2) is 5.60 Å². The highest BCUT2D eigenvalue weighted by atomic mass is 32.2. The van der Waals surface area contributed by atoms with Crippen molar-refractivity contribution < 1.29 is 31.1 Å².